The minimum absolute atomic E-state index is 0.132. The monoisotopic (exact) mass is 261 g/mol. The average Bonchev–Trinajstić information content (AvgIpc) is 2.71. The number of hydrogen-bond donors (Lipinski definition) is 1. The van der Waals surface area contributed by atoms with Gasteiger partial charge in [-0.15, -0.1) is 0 Å². The van der Waals surface area contributed by atoms with E-state index in [1.165, 1.54) is 6.33 Å². The van der Waals surface area contributed by atoms with Gasteiger partial charge in [-0.3, -0.25) is 0 Å². The van der Waals surface area contributed by atoms with Gasteiger partial charge < -0.3 is 15.0 Å². The second-order valence-corrected chi connectivity index (χ2v) is 3.92. The van der Waals surface area contributed by atoms with Crippen LogP contribution in [0.25, 0.3) is 0 Å². The predicted molar refractivity (Wildman–Crippen MR) is 68.5 cm³/mol. The maximum atomic E-state index is 11.6. The lowest BCUT2D eigenvalue weighted by atomic mass is 10.3. The molecule has 0 saturated heterocycles. The molecule has 0 fully saturated rings. The fourth-order valence-corrected chi connectivity index (χ4v) is 1.64. The zero-order valence-corrected chi connectivity index (χ0v) is 10.8. The van der Waals surface area contributed by atoms with Crippen LogP contribution in [0.2, 0.25) is 0 Å². The van der Waals surface area contributed by atoms with Crippen LogP contribution in [0.15, 0.2) is 18.6 Å². The molecule has 0 atom stereocenters. The van der Waals surface area contributed by atoms with E-state index < -0.39 is 5.97 Å². The topological polar surface area (TPSA) is 95.9 Å². The molecule has 0 aliphatic heterocycles. The van der Waals surface area contributed by atoms with E-state index in [-0.39, 0.29) is 18.1 Å². The number of rotatable bonds is 4. The van der Waals surface area contributed by atoms with Crippen molar-refractivity contribution in [1.29, 1.82) is 0 Å². The Morgan fingerprint density at radius 2 is 2.26 bits per heavy atom. The lowest BCUT2D eigenvalue weighted by Gasteiger charge is -2.05. The summed E-state index contributed by atoms with van der Waals surface area (Å²) < 4.78 is 6.52. The van der Waals surface area contributed by atoms with Crippen molar-refractivity contribution >= 4 is 11.8 Å². The number of aryl methyl sites for hydroxylation is 1. The lowest BCUT2D eigenvalue weighted by Crippen LogP contribution is -2.11. The van der Waals surface area contributed by atoms with E-state index in [0.29, 0.717) is 12.4 Å². The van der Waals surface area contributed by atoms with Gasteiger partial charge in [0.2, 0.25) is 0 Å². The molecule has 2 aromatic heterocycles. The summed E-state index contributed by atoms with van der Waals surface area (Å²) in [6.45, 7) is 4.26. The van der Waals surface area contributed by atoms with Crippen LogP contribution in [-0.2, 0) is 11.3 Å². The van der Waals surface area contributed by atoms with Crippen molar-refractivity contribution in [2.45, 2.75) is 20.4 Å². The first-order valence-electron chi connectivity index (χ1n) is 5.88. The molecule has 0 saturated carbocycles. The normalized spacial score (nSPS) is 10.4. The molecule has 2 aromatic rings. The number of esters is 1. The molecular weight excluding hydrogens is 246 g/mol. The highest BCUT2D eigenvalue weighted by Gasteiger charge is 2.17. The summed E-state index contributed by atoms with van der Waals surface area (Å²) in [6.07, 6.45) is 3.18. The van der Waals surface area contributed by atoms with E-state index in [1.54, 1.807) is 23.8 Å². The smallest absolute Gasteiger partial charge is 0.360 e. The van der Waals surface area contributed by atoms with Crippen molar-refractivity contribution in [2.75, 3.05) is 12.3 Å². The van der Waals surface area contributed by atoms with E-state index >= 15 is 0 Å². The van der Waals surface area contributed by atoms with Crippen LogP contribution in [0.3, 0.4) is 0 Å². The Labute approximate surface area is 110 Å². The van der Waals surface area contributed by atoms with Crippen LogP contribution in [0.5, 0.6) is 0 Å². The SMILES string of the molecule is CCOC(=O)c1ncn(Cc2ccnc(C)n2)c1N. The zero-order chi connectivity index (χ0) is 13.8. The fourth-order valence-electron chi connectivity index (χ4n) is 1.64. The molecule has 19 heavy (non-hydrogen) atoms. The number of nitrogen functional groups attached to an aromatic ring is 1. The molecule has 0 unspecified atom stereocenters. The molecule has 2 heterocycles. The molecule has 2 N–H and O–H groups in total. The number of hydrogen-bond acceptors (Lipinski definition) is 6. The average molecular weight is 261 g/mol. The Bertz CT molecular complexity index is 594. The molecule has 0 aliphatic carbocycles. The third-order valence-electron chi connectivity index (χ3n) is 2.51. The minimum atomic E-state index is -0.516. The van der Waals surface area contributed by atoms with Gasteiger partial charge in [0.1, 0.15) is 11.6 Å². The van der Waals surface area contributed by atoms with E-state index in [1.807, 2.05) is 6.92 Å². The summed E-state index contributed by atoms with van der Waals surface area (Å²) >= 11 is 0. The highest BCUT2D eigenvalue weighted by Crippen LogP contribution is 2.13. The molecule has 0 spiro atoms. The number of nitrogens with two attached hydrogens (primary N) is 1. The molecular formula is C12H15N5O2. The van der Waals surface area contributed by atoms with Crippen LogP contribution in [0.4, 0.5) is 5.82 Å². The van der Waals surface area contributed by atoms with Crippen molar-refractivity contribution in [2.24, 2.45) is 0 Å². The fraction of sp³-hybridized carbons (Fsp3) is 0.333. The summed E-state index contributed by atoms with van der Waals surface area (Å²) in [6, 6.07) is 1.79. The summed E-state index contributed by atoms with van der Waals surface area (Å²) in [4.78, 5) is 23.8. The quantitative estimate of drug-likeness (QED) is 0.817. The van der Waals surface area contributed by atoms with Gasteiger partial charge in [0.15, 0.2) is 5.69 Å². The van der Waals surface area contributed by atoms with Gasteiger partial charge in [-0.2, -0.15) is 0 Å². The Hall–Kier alpha value is -2.44. The molecule has 0 aromatic carbocycles. The second-order valence-electron chi connectivity index (χ2n) is 3.92. The molecule has 0 amide bonds. The predicted octanol–water partition coefficient (Wildman–Crippen LogP) is 0.789. The number of carbonyl (C=O) groups excluding carboxylic acids is 1. The van der Waals surface area contributed by atoms with E-state index in [4.69, 9.17) is 10.5 Å². The molecule has 0 bridgehead atoms. The number of ether oxygens (including phenoxy) is 1. The summed E-state index contributed by atoms with van der Waals surface area (Å²) in [7, 11) is 0. The molecule has 2 rings (SSSR count). The molecule has 7 heteroatoms. The number of imidazole rings is 1. The first-order chi connectivity index (χ1) is 9.11. The summed E-state index contributed by atoms with van der Waals surface area (Å²) in [5, 5.41) is 0. The van der Waals surface area contributed by atoms with Crippen LogP contribution in [0, 0.1) is 6.92 Å². The lowest BCUT2D eigenvalue weighted by molar-refractivity contribution is 0.0521. The number of carbonyl (C=O) groups is 1. The van der Waals surface area contributed by atoms with Gasteiger partial charge in [0.25, 0.3) is 0 Å². The minimum Gasteiger partial charge on any atom is -0.461 e. The molecule has 0 radical (unpaired) electrons. The Balaban J connectivity index is 2.20. The Kier molecular flexibility index (Phi) is 3.74. The van der Waals surface area contributed by atoms with Gasteiger partial charge in [0.05, 0.1) is 25.2 Å². The van der Waals surface area contributed by atoms with Gasteiger partial charge in [-0.05, 0) is 19.9 Å². The summed E-state index contributed by atoms with van der Waals surface area (Å²) in [5.74, 6) is 0.439. The van der Waals surface area contributed by atoms with Crippen molar-refractivity contribution in [3.8, 4) is 0 Å². The Morgan fingerprint density at radius 1 is 1.47 bits per heavy atom. The standard InChI is InChI=1S/C12H15N5O2/c1-3-19-12(18)10-11(13)17(7-15-10)6-9-4-5-14-8(2)16-9/h4-5,7H,3,6,13H2,1-2H3. The van der Waals surface area contributed by atoms with Crippen molar-refractivity contribution in [1.82, 2.24) is 19.5 Å². The highest BCUT2D eigenvalue weighted by molar-refractivity contribution is 5.92. The van der Waals surface area contributed by atoms with Crippen molar-refractivity contribution < 1.29 is 9.53 Å². The largest absolute Gasteiger partial charge is 0.461 e. The van der Waals surface area contributed by atoms with Crippen LogP contribution in [-0.4, -0.2) is 32.1 Å². The highest BCUT2D eigenvalue weighted by atomic mass is 16.5. The maximum absolute atomic E-state index is 11.6. The van der Waals surface area contributed by atoms with Crippen molar-refractivity contribution in [3.63, 3.8) is 0 Å². The first kappa shape index (κ1) is 13.0. The second kappa shape index (κ2) is 5.47. The van der Waals surface area contributed by atoms with Gasteiger partial charge in [-0.25, -0.2) is 19.7 Å². The third kappa shape index (κ3) is 2.87. The van der Waals surface area contributed by atoms with Crippen LogP contribution >= 0.6 is 0 Å². The van der Waals surface area contributed by atoms with Gasteiger partial charge in [-0.1, -0.05) is 0 Å². The number of aromatic nitrogens is 4. The van der Waals surface area contributed by atoms with E-state index in [0.717, 1.165) is 5.69 Å². The third-order valence-corrected chi connectivity index (χ3v) is 2.51. The first-order valence-corrected chi connectivity index (χ1v) is 5.88. The van der Waals surface area contributed by atoms with E-state index in [9.17, 15) is 4.79 Å². The maximum Gasteiger partial charge on any atom is 0.360 e. The number of anilines is 1. The molecule has 7 nitrogen and oxygen atoms in total. The Morgan fingerprint density at radius 3 is 2.95 bits per heavy atom. The van der Waals surface area contributed by atoms with Gasteiger partial charge >= 0.3 is 5.97 Å². The van der Waals surface area contributed by atoms with E-state index in [2.05, 4.69) is 15.0 Å². The molecule has 100 valence electrons. The zero-order valence-electron chi connectivity index (χ0n) is 10.8. The van der Waals surface area contributed by atoms with Gasteiger partial charge in [0, 0.05) is 6.20 Å². The molecule has 0 aliphatic rings. The van der Waals surface area contributed by atoms with Crippen LogP contribution in [0.1, 0.15) is 28.9 Å². The van der Waals surface area contributed by atoms with Crippen molar-refractivity contribution in [3.05, 3.63) is 35.8 Å². The number of nitrogens with zero attached hydrogens (tertiary/aromatic N) is 4. The summed E-state index contributed by atoms with van der Waals surface area (Å²) in [5.41, 5.74) is 6.81. The van der Waals surface area contributed by atoms with Crippen LogP contribution < -0.4 is 5.73 Å².